The number of alkyl halides is 3. The molecule has 1 rings (SSSR count). The molecule has 0 aromatic heterocycles. The molecule has 1 N–H and O–H groups in total. The fourth-order valence-corrected chi connectivity index (χ4v) is 1.51. The van der Waals surface area contributed by atoms with Crippen molar-refractivity contribution in [2.45, 2.75) is 26.9 Å². The number of benzene rings is 1. The maximum absolute atomic E-state index is 12.8. The molecule has 0 atom stereocenters. The van der Waals surface area contributed by atoms with Gasteiger partial charge in [0.25, 0.3) is 0 Å². The summed E-state index contributed by atoms with van der Waals surface area (Å²) in [5, 5.41) is 2.61. The van der Waals surface area contributed by atoms with Crippen molar-refractivity contribution in [3.8, 4) is 0 Å². The van der Waals surface area contributed by atoms with Gasteiger partial charge < -0.3 is 5.32 Å². The highest BCUT2D eigenvalue weighted by atomic mass is 35.5. The highest BCUT2D eigenvalue weighted by Crippen LogP contribution is 2.37. The molecular weight excluding hydrogens is 291 g/mol. The monoisotopic (exact) mass is 305 g/mol. The SMILES string of the molecule is C=C(c1cc(Cl)ccc1NC(=O)C(C)(C)C)C(F)(F)F. The summed E-state index contributed by atoms with van der Waals surface area (Å²) in [6.45, 7) is 8.02. The molecule has 0 aliphatic carbocycles. The zero-order chi connectivity index (χ0) is 15.7. The van der Waals surface area contributed by atoms with Gasteiger partial charge >= 0.3 is 6.18 Å². The molecule has 0 heterocycles. The second kappa shape index (κ2) is 5.48. The van der Waals surface area contributed by atoms with E-state index in [1.807, 2.05) is 0 Å². The number of rotatable bonds is 2. The van der Waals surface area contributed by atoms with Crippen molar-refractivity contribution in [3.63, 3.8) is 0 Å². The van der Waals surface area contributed by atoms with Crippen LogP contribution in [0.5, 0.6) is 0 Å². The van der Waals surface area contributed by atoms with Crippen LogP contribution in [0, 0.1) is 5.41 Å². The lowest BCUT2D eigenvalue weighted by atomic mass is 9.95. The minimum absolute atomic E-state index is 0.0386. The second-order valence-corrected chi connectivity index (χ2v) is 5.81. The molecule has 0 bridgehead atoms. The first-order chi connectivity index (χ1) is 8.93. The first-order valence-electron chi connectivity index (χ1n) is 5.80. The van der Waals surface area contributed by atoms with Gasteiger partial charge in [-0.3, -0.25) is 4.79 Å². The summed E-state index contributed by atoms with van der Waals surface area (Å²) in [7, 11) is 0. The fraction of sp³-hybridized carbons (Fsp3) is 0.357. The molecule has 6 heteroatoms. The molecule has 110 valence electrons. The Hall–Kier alpha value is -1.49. The van der Waals surface area contributed by atoms with Crippen LogP contribution in [0.25, 0.3) is 5.57 Å². The van der Waals surface area contributed by atoms with Crippen LogP contribution in [0.4, 0.5) is 18.9 Å². The Labute approximate surface area is 120 Å². The van der Waals surface area contributed by atoms with E-state index in [1.165, 1.54) is 12.1 Å². The van der Waals surface area contributed by atoms with Crippen LogP contribution in [0.15, 0.2) is 24.8 Å². The van der Waals surface area contributed by atoms with E-state index in [2.05, 4.69) is 11.9 Å². The predicted molar refractivity (Wildman–Crippen MR) is 74.6 cm³/mol. The molecule has 0 saturated carbocycles. The lowest BCUT2D eigenvalue weighted by Gasteiger charge is -2.20. The van der Waals surface area contributed by atoms with E-state index in [1.54, 1.807) is 20.8 Å². The quantitative estimate of drug-likeness (QED) is 0.827. The van der Waals surface area contributed by atoms with Gasteiger partial charge in [0, 0.05) is 21.7 Å². The Balaban J connectivity index is 3.22. The van der Waals surface area contributed by atoms with Gasteiger partial charge in [-0.05, 0) is 18.2 Å². The van der Waals surface area contributed by atoms with Gasteiger partial charge in [-0.25, -0.2) is 0 Å². The zero-order valence-electron chi connectivity index (χ0n) is 11.4. The van der Waals surface area contributed by atoms with Crippen molar-refractivity contribution in [3.05, 3.63) is 35.4 Å². The lowest BCUT2D eigenvalue weighted by Crippen LogP contribution is -2.28. The highest BCUT2D eigenvalue weighted by Gasteiger charge is 2.34. The standard InChI is InChI=1S/C14H15ClF3NO/c1-8(14(16,17)18)10-7-9(15)5-6-11(10)19-12(20)13(2,3)4/h5-7H,1H2,2-4H3,(H,19,20). The number of carbonyl (C=O) groups is 1. The van der Waals surface area contributed by atoms with Gasteiger partial charge in [-0.1, -0.05) is 39.0 Å². The number of halogens is 4. The van der Waals surface area contributed by atoms with E-state index in [4.69, 9.17) is 11.6 Å². The number of anilines is 1. The summed E-state index contributed by atoms with van der Waals surface area (Å²) >= 11 is 5.72. The first kappa shape index (κ1) is 16.6. The molecule has 0 spiro atoms. The van der Waals surface area contributed by atoms with E-state index >= 15 is 0 Å². The first-order valence-corrected chi connectivity index (χ1v) is 6.18. The third-order valence-electron chi connectivity index (χ3n) is 2.58. The minimum Gasteiger partial charge on any atom is -0.325 e. The fourth-order valence-electron chi connectivity index (χ4n) is 1.34. The molecule has 2 nitrogen and oxygen atoms in total. The third kappa shape index (κ3) is 4.00. The Kier molecular flexibility index (Phi) is 4.54. The molecule has 0 aliphatic rings. The summed E-state index contributed by atoms with van der Waals surface area (Å²) in [5.41, 5.74) is -1.97. The van der Waals surface area contributed by atoms with Crippen LogP contribution in [0.2, 0.25) is 5.02 Å². The van der Waals surface area contributed by atoms with Gasteiger partial charge in [-0.2, -0.15) is 13.2 Å². The average molecular weight is 306 g/mol. The van der Waals surface area contributed by atoms with Crippen LogP contribution in [-0.2, 0) is 4.79 Å². The predicted octanol–water partition coefficient (Wildman–Crippen LogP) is 4.90. The number of amides is 1. The van der Waals surface area contributed by atoms with Crippen molar-refractivity contribution in [2.75, 3.05) is 5.32 Å². The summed E-state index contributed by atoms with van der Waals surface area (Å²) in [6, 6.07) is 3.88. The van der Waals surface area contributed by atoms with Gasteiger partial charge in [0.05, 0.1) is 5.57 Å². The minimum atomic E-state index is -4.59. The zero-order valence-corrected chi connectivity index (χ0v) is 12.1. The molecule has 20 heavy (non-hydrogen) atoms. The normalized spacial score (nSPS) is 12.2. The topological polar surface area (TPSA) is 29.1 Å². The second-order valence-electron chi connectivity index (χ2n) is 5.37. The van der Waals surface area contributed by atoms with E-state index in [0.717, 1.165) is 6.07 Å². The molecule has 0 aliphatic heterocycles. The maximum Gasteiger partial charge on any atom is 0.416 e. The number of hydrogen-bond donors (Lipinski definition) is 1. The average Bonchev–Trinajstić information content (AvgIpc) is 2.27. The molecule has 1 aromatic carbocycles. The van der Waals surface area contributed by atoms with Gasteiger partial charge in [0.1, 0.15) is 0 Å². The molecule has 0 fully saturated rings. The summed E-state index contributed by atoms with van der Waals surface area (Å²) in [6.07, 6.45) is -4.59. The van der Waals surface area contributed by atoms with Gasteiger partial charge in [0.2, 0.25) is 5.91 Å². The Morgan fingerprint density at radius 1 is 1.25 bits per heavy atom. The van der Waals surface area contributed by atoms with Crippen LogP contribution < -0.4 is 5.32 Å². The van der Waals surface area contributed by atoms with Crippen molar-refractivity contribution >= 4 is 28.8 Å². The molecule has 1 aromatic rings. The third-order valence-corrected chi connectivity index (χ3v) is 2.81. The van der Waals surface area contributed by atoms with Crippen molar-refractivity contribution in [1.29, 1.82) is 0 Å². The van der Waals surface area contributed by atoms with Crippen molar-refractivity contribution in [1.82, 2.24) is 0 Å². The number of nitrogens with one attached hydrogen (secondary N) is 1. The number of allylic oxidation sites excluding steroid dienone is 1. The van der Waals surface area contributed by atoms with Crippen LogP contribution >= 0.6 is 11.6 Å². The van der Waals surface area contributed by atoms with Gasteiger partial charge in [0.15, 0.2) is 0 Å². The van der Waals surface area contributed by atoms with Crippen molar-refractivity contribution < 1.29 is 18.0 Å². The number of carbonyl (C=O) groups excluding carboxylic acids is 1. The smallest absolute Gasteiger partial charge is 0.325 e. The van der Waals surface area contributed by atoms with E-state index < -0.39 is 23.1 Å². The van der Waals surface area contributed by atoms with Crippen LogP contribution in [0.3, 0.4) is 0 Å². The van der Waals surface area contributed by atoms with E-state index in [9.17, 15) is 18.0 Å². The molecule has 0 unspecified atom stereocenters. The Morgan fingerprint density at radius 3 is 2.25 bits per heavy atom. The molecular formula is C14H15ClF3NO. The summed E-state index contributed by atoms with van der Waals surface area (Å²) < 4.78 is 38.3. The summed E-state index contributed by atoms with van der Waals surface area (Å²) in [5.74, 6) is -0.393. The number of hydrogen-bond acceptors (Lipinski definition) is 1. The largest absolute Gasteiger partial charge is 0.416 e. The summed E-state index contributed by atoms with van der Waals surface area (Å²) in [4.78, 5) is 11.9. The van der Waals surface area contributed by atoms with Crippen LogP contribution in [0.1, 0.15) is 26.3 Å². The van der Waals surface area contributed by atoms with Crippen LogP contribution in [-0.4, -0.2) is 12.1 Å². The Morgan fingerprint density at radius 2 is 1.80 bits per heavy atom. The molecule has 0 saturated heterocycles. The lowest BCUT2D eigenvalue weighted by molar-refractivity contribution is -0.123. The highest BCUT2D eigenvalue weighted by molar-refractivity contribution is 6.31. The van der Waals surface area contributed by atoms with Gasteiger partial charge in [-0.15, -0.1) is 0 Å². The molecule has 1 amide bonds. The maximum atomic E-state index is 12.8. The molecule has 0 radical (unpaired) electrons. The van der Waals surface area contributed by atoms with Crippen molar-refractivity contribution in [2.24, 2.45) is 5.41 Å². The Bertz CT molecular complexity index is 544. The van der Waals surface area contributed by atoms with E-state index in [0.29, 0.717) is 0 Å². The van der Waals surface area contributed by atoms with E-state index in [-0.39, 0.29) is 16.3 Å².